The van der Waals surface area contributed by atoms with Crippen LogP contribution in [-0.2, 0) is 11.3 Å². The van der Waals surface area contributed by atoms with Crippen molar-refractivity contribution >= 4 is 16.6 Å². The highest BCUT2D eigenvalue weighted by Crippen LogP contribution is 2.30. The molecule has 0 unspecified atom stereocenters. The van der Waals surface area contributed by atoms with Gasteiger partial charge >= 0.3 is 0 Å². The van der Waals surface area contributed by atoms with Crippen molar-refractivity contribution < 1.29 is 4.74 Å². The lowest BCUT2D eigenvalue weighted by atomic mass is 10.0. The van der Waals surface area contributed by atoms with Crippen molar-refractivity contribution in [3.63, 3.8) is 0 Å². The average Bonchev–Trinajstić information content (AvgIpc) is 2.55. The van der Waals surface area contributed by atoms with Gasteiger partial charge in [-0.1, -0.05) is 6.07 Å². The van der Waals surface area contributed by atoms with Crippen LogP contribution in [0.15, 0.2) is 47.8 Å². The second-order valence-corrected chi connectivity index (χ2v) is 4.90. The van der Waals surface area contributed by atoms with Gasteiger partial charge in [0.05, 0.1) is 30.4 Å². The van der Waals surface area contributed by atoms with Crippen molar-refractivity contribution in [3.05, 3.63) is 53.3 Å². The zero-order valence-corrected chi connectivity index (χ0v) is 12.2. The van der Waals surface area contributed by atoms with Gasteiger partial charge in [0, 0.05) is 36.3 Å². The van der Waals surface area contributed by atoms with Crippen LogP contribution in [0.5, 0.6) is 0 Å². The van der Waals surface area contributed by atoms with E-state index in [2.05, 4.69) is 9.97 Å². The Balaban J connectivity index is 2.31. The van der Waals surface area contributed by atoms with Crippen molar-refractivity contribution in [1.29, 1.82) is 0 Å². The van der Waals surface area contributed by atoms with Crippen molar-refractivity contribution in [2.24, 2.45) is 0 Å². The third kappa shape index (κ3) is 2.44. The predicted octanol–water partition coefficient (Wildman–Crippen LogP) is 1.69. The number of methoxy groups -OCH3 is 1. The monoisotopic (exact) mass is 296 g/mol. The predicted molar refractivity (Wildman–Crippen MR) is 85.5 cm³/mol. The smallest absolute Gasteiger partial charge is 0.261 e. The molecule has 0 amide bonds. The summed E-state index contributed by atoms with van der Waals surface area (Å²) in [5.41, 5.74) is 8.60. The summed E-state index contributed by atoms with van der Waals surface area (Å²) in [6, 6.07) is 7.21. The SMILES string of the molecule is COCCn1cnc2ccc(N)c(-c3cccnc3)c2c1=O. The van der Waals surface area contributed by atoms with E-state index in [0.29, 0.717) is 35.3 Å². The van der Waals surface area contributed by atoms with Crippen LogP contribution in [0.4, 0.5) is 5.69 Å². The van der Waals surface area contributed by atoms with E-state index in [1.807, 2.05) is 12.1 Å². The molecule has 6 nitrogen and oxygen atoms in total. The summed E-state index contributed by atoms with van der Waals surface area (Å²) in [6.45, 7) is 0.886. The first-order chi connectivity index (χ1) is 10.7. The highest BCUT2D eigenvalue weighted by molar-refractivity contribution is 5.99. The van der Waals surface area contributed by atoms with E-state index in [1.54, 1.807) is 31.6 Å². The van der Waals surface area contributed by atoms with Gasteiger partial charge in [0.15, 0.2) is 0 Å². The van der Waals surface area contributed by atoms with Gasteiger partial charge in [0.1, 0.15) is 0 Å². The van der Waals surface area contributed by atoms with Crippen LogP contribution in [0.1, 0.15) is 0 Å². The Morgan fingerprint density at radius 1 is 1.32 bits per heavy atom. The number of ether oxygens (including phenoxy) is 1. The Bertz CT molecular complexity index is 859. The fourth-order valence-electron chi connectivity index (χ4n) is 2.43. The number of nitrogen functional groups attached to an aromatic ring is 1. The van der Waals surface area contributed by atoms with Crippen molar-refractivity contribution in [1.82, 2.24) is 14.5 Å². The normalized spacial score (nSPS) is 11.0. The first-order valence-corrected chi connectivity index (χ1v) is 6.89. The van der Waals surface area contributed by atoms with Crippen LogP contribution in [-0.4, -0.2) is 28.3 Å². The molecule has 0 saturated carbocycles. The molecule has 0 fully saturated rings. The van der Waals surface area contributed by atoms with E-state index >= 15 is 0 Å². The molecule has 1 aromatic carbocycles. The van der Waals surface area contributed by atoms with Crippen molar-refractivity contribution in [2.75, 3.05) is 19.5 Å². The number of fused-ring (bicyclic) bond motifs is 1. The lowest BCUT2D eigenvalue weighted by Gasteiger charge is -2.11. The molecule has 0 spiro atoms. The number of hydrogen-bond acceptors (Lipinski definition) is 5. The van der Waals surface area contributed by atoms with Gasteiger partial charge in [0.25, 0.3) is 5.56 Å². The number of hydrogen-bond donors (Lipinski definition) is 1. The van der Waals surface area contributed by atoms with Gasteiger partial charge in [-0.3, -0.25) is 14.3 Å². The summed E-state index contributed by atoms with van der Waals surface area (Å²) < 4.78 is 6.56. The topological polar surface area (TPSA) is 83.0 Å². The number of nitrogens with zero attached hydrogens (tertiary/aromatic N) is 3. The molecule has 3 rings (SSSR count). The molecule has 0 aliphatic carbocycles. The Kier molecular flexibility index (Phi) is 3.84. The van der Waals surface area contributed by atoms with Crippen LogP contribution >= 0.6 is 0 Å². The highest BCUT2D eigenvalue weighted by atomic mass is 16.5. The fourth-order valence-corrected chi connectivity index (χ4v) is 2.43. The summed E-state index contributed by atoms with van der Waals surface area (Å²) in [5, 5.41) is 0.506. The molecule has 2 heterocycles. The summed E-state index contributed by atoms with van der Waals surface area (Å²) in [5.74, 6) is 0. The quantitative estimate of drug-likeness (QED) is 0.741. The summed E-state index contributed by atoms with van der Waals surface area (Å²) >= 11 is 0. The van der Waals surface area contributed by atoms with E-state index in [4.69, 9.17) is 10.5 Å². The lowest BCUT2D eigenvalue weighted by Crippen LogP contribution is -2.23. The molecule has 0 radical (unpaired) electrons. The molecule has 2 N–H and O–H groups in total. The zero-order valence-electron chi connectivity index (χ0n) is 12.2. The zero-order chi connectivity index (χ0) is 15.5. The number of aromatic nitrogens is 3. The van der Waals surface area contributed by atoms with E-state index in [1.165, 1.54) is 10.9 Å². The maximum atomic E-state index is 12.8. The Morgan fingerprint density at radius 3 is 2.91 bits per heavy atom. The van der Waals surface area contributed by atoms with Crippen LogP contribution in [0.25, 0.3) is 22.0 Å². The summed E-state index contributed by atoms with van der Waals surface area (Å²) in [4.78, 5) is 21.2. The minimum atomic E-state index is -0.131. The van der Waals surface area contributed by atoms with E-state index in [0.717, 1.165) is 5.56 Å². The lowest BCUT2D eigenvalue weighted by molar-refractivity contribution is 0.186. The summed E-state index contributed by atoms with van der Waals surface area (Å²) in [6.07, 6.45) is 4.91. The number of rotatable bonds is 4. The van der Waals surface area contributed by atoms with Gasteiger partial charge in [-0.25, -0.2) is 4.98 Å². The van der Waals surface area contributed by atoms with Crippen molar-refractivity contribution in [3.8, 4) is 11.1 Å². The number of benzene rings is 1. The molecule has 112 valence electrons. The van der Waals surface area contributed by atoms with Crippen LogP contribution in [0.3, 0.4) is 0 Å². The molecular weight excluding hydrogens is 280 g/mol. The van der Waals surface area contributed by atoms with E-state index in [-0.39, 0.29) is 5.56 Å². The molecule has 0 bridgehead atoms. The maximum absolute atomic E-state index is 12.8. The molecule has 2 aromatic heterocycles. The van der Waals surface area contributed by atoms with Gasteiger partial charge in [-0.05, 0) is 18.2 Å². The molecule has 22 heavy (non-hydrogen) atoms. The van der Waals surface area contributed by atoms with Gasteiger partial charge in [0.2, 0.25) is 0 Å². The number of nitrogens with two attached hydrogens (primary N) is 1. The van der Waals surface area contributed by atoms with E-state index < -0.39 is 0 Å². The first kappa shape index (κ1) is 14.2. The molecule has 0 aliphatic rings. The Morgan fingerprint density at radius 2 is 2.18 bits per heavy atom. The van der Waals surface area contributed by atoms with Gasteiger partial charge in [-0.15, -0.1) is 0 Å². The van der Waals surface area contributed by atoms with Gasteiger partial charge in [-0.2, -0.15) is 0 Å². The average molecular weight is 296 g/mol. The largest absolute Gasteiger partial charge is 0.398 e. The molecule has 3 aromatic rings. The maximum Gasteiger partial charge on any atom is 0.261 e. The van der Waals surface area contributed by atoms with Gasteiger partial charge < -0.3 is 10.5 Å². The van der Waals surface area contributed by atoms with E-state index in [9.17, 15) is 4.79 Å². The van der Waals surface area contributed by atoms with Crippen LogP contribution in [0, 0.1) is 0 Å². The molecular formula is C16H16N4O2. The number of pyridine rings is 1. The van der Waals surface area contributed by atoms with Crippen molar-refractivity contribution in [2.45, 2.75) is 6.54 Å². The third-order valence-corrected chi connectivity index (χ3v) is 3.51. The second kappa shape index (κ2) is 5.95. The minimum Gasteiger partial charge on any atom is -0.398 e. The standard InChI is InChI=1S/C16H16N4O2/c1-22-8-7-20-10-19-13-5-4-12(17)14(15(13)16(20)21)11-3-2-6-18-9-11/h2-6,9-10H,7-8,17H2,1H3. The first-order valence-electron chi connectivity index (χ1n) is 6.89. The highest BCUT2D eigenvalue weighted by Gasteiger charge is 2.14. The Hall–Kier alpha value is -2.73. The third-order valence-electron chi connectivity index (χ3n) is 3.51. The fraction of sp³-hybridized carbons (Fsp3) is 0.188. The second-order valence-electron chi connectivity index (χ2n) is 4.90. The summed E-state index contributed by atoms with van der Waals surface area (Å²) in [7, 11) is 1.60. The van der Waals surface area contributed by atoms with Crippen LogP contribution in [0.2, 0.25) is 0 Å². The minimum absolute atomic E-state index is 0.131. The number of anilines is 1. The molecule has 0 saturated heterocycles. The van der Waals surface area contributed by atoms with Crippen LogP contribution < -0.4 is 11.3 Å². The molecule has 0 atom stereocenters. The Labute approximate surface area is 127 Å². The molecule has 0 aliphatic heterocycles. The molecule has 6 heteroatoms.